The Kier molecular flexibility index (Phi) is 16.9. The number of hydrogen-bond donors (Lipinski definition) is 2. The third-order valence-electron chi connectivity index (χ3n) is 3.20. The van der Waals surface area contributed by atoms with E-state index >= 15 is 0 Å². The van der Waals surface area contributed by atoms with Crippen molar-refractivity contribution in [3.05, 3.63) is 0 Å². The quantitative estimate of drug-likeness (QED) is 0.242. The summed E-state index contributed by atoms with van der Waals surface area (Å²) in [7, 11) is 0. The molecule has 22 heavy (non-hydrogen) atoms. The highest BCUT2D eigenvalue weighted by atomic mass is 17.2. The maximum atomic E-state index is 9.18. The van der Waals surface area contributed by atoms with Crippen molar-refractivity contribution in [2.75, 3.05) is 39.6 Å². The molecule has 0 radical (unpaired) electrons. The van der Waals surface area contributed by atoms with E-state index in [9.17, 15) is 10.2 Å². The first-order chi connectivity index (χ1) is 10.8. The zero-order valence-electron chi connectivity index (χ0n) is 14.2. The number of aliphatic hydroxyl groups is 2. The molecule has 2 unspecified atom stereocenters. The van der Waals surface area contributed by atoms with Gasteiger partial charge in [-0.1, -0.05) is 39.5 Å². The monoisotopic (exact) mass is 322 g/mol. The van der Waals surface area contributed by atoms with Gasteiger partial charge >= 0.3 is 0 Å². The van der Waals surface area contributed by atoms with Crippen LogP contribution in [-0.2, 0) is 19.2 Å². The number of rotatable bonds is 17. The molecular formula is C16H34O6. The van der Waals surface area contributed by atoms with E-state index in [-0.39, 0.29) is 38.6 Å². The molecule has 134 valence electrons. The van der Waals surface area contributed by atoms with Crippen molar-refractivity contribution < 1.29 is 29.5 Å². The number of hydrogen-bond acceptors (Lipinski definition) is 6. The predicted molar refractivity (Wildman–Crippen MR) is 84.6 cm³/mol. The van der Waals surface area contributed by atoms with Crippen molar-refractivity contribution >= 4 is 0 Å². The minimum absolute atomic E-state index is 0.105. The van der Waals surface area contributed by atoms with Crippen molar-refractivity contribution in [2.24, 2.45) is 0 Å². The van der Waals surface area contributed by atoms with Crippen LogP contribution in [0.4, 0.5) is 0 Å². The van der Waals surface area contributed by atoms with Gasteiger partial charge < -0.3 is 19.7 Å². The van der Waals surface area contributed by atoms with Gasteiger partial charge in [-0.25, -0.2) is 9.78 Å². The van der Waals surface area contributed by atoms with Crippen LogP contribution in [0.25, 0.3) is 0 Å². The van der Waals surface area contributed by atoms with Crippen molar-refractivity contribution in [1.29, 1.82) is 0 Å². The molecule has 2 atom stereocenters. The number of aliphatic hydroxyl groups excluding tert-OH is 2. The van der Waals surface area contributed by atoms with Crippen molar-refractivity contribution in [3.63, 3.8) is 0 Å². The zero-order chi connectivity index (χ0) is 16.5. The molecule has 2 N–H and O–H groups in total. The van der Waals surface area contributed by atoms with Crippen LogP contribution in [0.3, 0.4) is 0 Å². The minimum Gasteiger partial charge on any atom is -0.394 e. The van der Waals surface area contributed by atoms with Crippen LogP contribution in [0, 0.1) is 0 Å². The molecule has 0 aromatic rings. The highest BCUT2D eigenvalue weighted by Gasteiger charge is 2.11. The molecule has 0 amide bonds. The number of unbranched alkanes of at least 4 members (excludes halogenated alkanes) is 4. The summed E-state index contributed by atoms with van der Waals surface area (Å²) < 4.78 is 11.0. The first kappa shape index (κ1) is 21.8. The lowest BCUT2D eigenvalue weighted by Crippen LogP contribution is -2.28. The Bertz CT molecular complexity index is 193. The van der Waals surface area contributed by atoms with E-state index in [1.54, 1.807) is 0 Å². The van der Waals surface area contributed by atoms with Crippen molar-refractivity contribution in [3.8, 4) is 0 Å². The molecule has 6 heteroatoms. The second-order valence-electron chi connectivity index (χ2n) is 5.33. The first-order valence-electron chi connectivity index (χ1n) is 8.47. The van der Waals surface area contributed by atoms with E-state index in [2.05, 4.69) is 13.8 Å². The Morgan fingerprint density at radius 2 is 1.09 bits per heavy atom. The van der Waals surface area contributed by atoms with Gasteiger partial charge in [0.15, 0.2) is 0 Å². The Hall–Kier alpha value is -0.240. The third-order valence-corrected chi connectivity index (χ3v) is 3.20. The largest absolute Gasteiger partial charge is 0.394 e. The van der Waals surface area contributed by atoms with Gasteiger partial charge in [-0.2, -0.15) is 0 Å². The molecule has 0 aliphatic carbocycles. The van der Waals surface area contributed by atoms with E-state index in [0.29, 0.717) is 13.2 Å². The first-order valence-corrected chi connectivity index (χ1v) is 8.47. The molecule has 0 heterocycles. The van der Waals surface area contributed by atoms with E-state index in [1.165, 1.54) is 0 Å². The Morgan fingerprint density at radius 1 is 0.682 bits per heavy atom. The smallest absolute Gasteiger partial charge is 0.111 e. The van der Waals surface area contributed by atoms with Crippen LogP contribution >= 0.6 is 0 Å². The van der Waals surface area contributed by atoms with Crippen LogP contribution in [0.2, 0.25) is 0 Å². The molecule has 0 spiro atoms. The maximum Gasteiger partial charge on any atom is 0.111 e. The lowest BCUT2D eigenvalue weighted by atomic mass is 10.3. The minimum atomic E-state index is -0.380. The standard InChI is InChI=1S/C16H34O6/c1-3-5-7-9-19-15(11-17)13-21-22-14-16(12-18)20-10-8-6-4-2/h15-18H,3-14H2,1-2H3. The Balaban J connectivity index is 3.59. The fraction of sp³-hybridized carbons (Fsp3) is 1.00. The molecule has 0 aromatic heterocycles. The van der Waals surface area contributed by atoms with E-state index < -0.39 is 0 Å². The van der Waals surface area contributed by atoms with Crippen LogP contribution in [0.15, 0.2) is 0 Å². The van der Waals surface area contributed by atoms with Gasteiger partial charge in [0.1, 0.15) is 25.4 Å². The Labute approximate surface area is 134 Å². The summed E-state index contributed by atoms with van der Waals surface area (Å²) in [6, 6.07) is 0. The molecule has 0 aliphatic rings. The summed E-state index contributed by atoms with van der Waals surface area (Å²) in [6.45, 7) is 5.60. The van der Waals surface area contributed by atoms with E-state index in [4.69, 9.17) is 19.2 Å². The molecule has 0 bridgehead atoms. The van der Waals surface area contributed by atoms with Crippen molar-refractivity contribution in [1.82, 2.24) is 0 Å². The van der Waals surface area contributed by atoms with Gasteiger partial charge in [0.05, 0.1) is 13.2 Å². The topological polar surface area (TPSA) is 77.4 Å². The summed E-state index contributed by atoms with van der Waals surface area (Å²) >= 11 is 0. The van der Waals surface area contributed by atoms with Crippen LogP contribution in [0.5, 0.6) is 0 Å². The van der Waals surface area contributed by atoms with Gasteiger partial charge in [-0.05, 0) is 12.8 Å². The zero-order valence-corrected chi connectivity index (χ0v) is 14.2. The fourth-order valence-corrected chi connectivity index (χ4v) is 1.76. The van der Waals surface area contributed by atoms with E-state index in [0.717, 1.165) is 38.5 Å². The lowest BCUT2D eigenvalue weighted by Gasteiger charge is -2.17. The lowest BCUT2D eigenvalue weighted by molar-refractivity contribution is -0.321. The van der Waals surface area contributed by atoms with Gasteiger partial charge in [-0.15, -0.1) is 0 Å². The summed E-state index contributed by atoms with van der Waals surface area (Å²) in [5, 5.41) is 18.4. The van der Waals surface area contributed by atoms with Crippen LogP contribution in [-0.4, -0.2) is 62.1 Å². The fourth-order valence-electron chi connectivity index (χ4n) is 1.76. The maximum absolute atomic E-state index is 9.18. The second kappa shape index (κ2) is 17.1. The van der Waals surface area contributed by atoms with E-state index in [1.807, 2.05) is 0 Å². The summed E-state index contributed by atoms with van der Waals surface area (Å²) in [6.07, 6.45) is 5.69. The van der Waals surface area contributed by atoms with Crippen LogP contribution < -0.4 is 0 Å². The van der Waals surface area contributed by atoms with Gasteiger partial charge in [-0.3, -0.25) is 0 Å². The van der Waals surface area contributed by atoms with Crippen LogP contribution in [0.1, 0.15) is 52.4 Å². The molecule has 0 saturated heterocycles. The summed E-state index contributed by atoms with van der Waals surface area (Å²) in [5.74, 6) is 0. The number of ether oxygens (including phenoxy) is 2. The molecule has 0 aliphatic heterocycles. The van der Waals surface area contributed by atoms with Gasteiger partial charge in [0.25, 0.3) is 0 Å². The predicted octanol–water partition coefficient (Wildman–Crippen LogP) is 2.07. The molecule has 0 aromatic carbocycles. The molecule has 0 saturated carbocycles. The highest BCUT2D eigenvalue weighted by Crippen LogP contribution is 2.01. The van der Waals surface area contributed by atoms with Gasteiger partial charge in [0.2, 0.25) is 0 Å². The average Bonchev–Trinajstić information content (AvgIpc) is 2.55. The average molecular weight is 322 g/mol. The van der Waals surface area contributed by atoms with Crippen molar-refractivity contribution in [2.45, 2.75) is 64.6 Å². The van der Waals surface area contributed by atoms with Gasteiger partial charge in [0, 0.05) is 13.2 Å². The normalized spacial score (nSPS) is 14.2. The molecule has 0 rings (SSSR count). The highest BCUT2D eigenvalue weighted by molar-refractivity contribution is 4.54. The summed E-state index contributed by atoms with van der Waals surface area (Å²) in [4.78, 5) is 10.1. The third kappa shape index (κ3) is 13.4. The second-order valence-corrected chi connectivity index (χ2v) is 5.33. The molecule has 6 nitrogen and oxygen atoms in total. The SMILES string of the molecule is CCCCCOC(CO)COOCC(CO)OCCCCC. The molecular weight excluding hydrogens is 288 g/mol. The summed E-state index contributed by atoms with van der Waals surface area (Å²) in [5.41, 5.74) is 0. The molecule has 0 fully saturated rings. The Morgan fingerprint density at radius 3 is 1.41 bits per heavy atom.